The highest BCUT2D eigenvalue weighted by molar-refractivity contribution is 7.71. The lowest BCUT2D eigenvalue weighted by molar-refractivity contribution is 0.412. The van der Waals surface area contributed by atoms with Crippen LogP contribution in [0.3, 0.4) is 0 Å². The minimum atomic E-state index is -0.317. The smallest absolute Gasteiger partial charge is 0.262 e. The van der Waals surface area contributed by atoms with Gasteiger partial charge in [-0.05, 0) is 55.8 Å². The highest BCUT2D eigenvalue weighted by Gasteiger charge is 2.35. The minimum Gasteiger partial charge on any atom is -0.494 e. The van der Waals surface area contributed by atoms with E-state index in [-0.39, 0.29) is 16.2 Å². The lowest BCUT2D eigenvalue weighted by Crippen LogP contribution is -2.17. The number of allylic oxidation sites excluding steroid dienone is 2. The van der Waals surface area contributed by atoms with Crippen molar-refractivity contribution >= 4 is 18.3 Å². The molecule has 2 fully saturated rings. The molecule has 2 aliphatic rings. The van der Waals surface area contributed by atoms with Gasteiger partial charge in [0.2, 0.25) is 5.88 Å². The Morgan fingerprint density at radius 2 is 2.30 bits per heavy atom. The van der Waals surface area contributed by atoms with Crippen LogP contribution < -0.4 is 5.56 Å². The average molecular weight is 290 g/mol. The predicted octanol–water partition coefficient (Wildman–Crippen LogP) is 3.00. The van der Waals surface area contributed by atoms with E-state index in [2.05, 4.69) is 11.6 Å². The Kier molecular flexibility index (Phi) is 3.38. The molecule has 5 heteroatoms. The first kappa shape index (κ1) is 13.4. The molecule has 0 saturated heterocycles. The number of aromatic hydroxyl groups is 1. The van der Waals surface area contributed by atoms with E-state index in [0.29, 0.717) is 18.0 Å². The molecule has 0 aromatic carbocycles. The number of nitrogens with one attached hydrogen (secondary N) is 1. The van der Waals surface area contributed by atoms with Gasteiger partial charge in [0.25, 0.3) is 5.56 Å². The molecular formula is C15H18N2O2S. The molecule has 0 amide bonds. The topological polar surface area (TPSA) is 58.0 Å². The SMILES string of the molecule is C=CCn1c(O)c(C=C2C[C@@H]3CC[C@H]2C3)c(=O)[nH]c1=S. The normalized spacial score (nSPS) is 26.3. The van der Waals surface area contributed by atoms with Crippen LogP contribution in [0.25, 0.3) is 6.08 Å². The van der Waals surface area contributed by atoms with Crippen LogP contribution >= 0.6 is 12.2 Å². The molecule has 1 aromatic rings. The van der Waals surface area contributed by atoms with Crippen LogP contribution in [0.1, 0.15) is 31.2 Å². The van der Waals surface area contributed by atoms with Crippen LogP contribution in [-0.2, 0) is 6.54 Å². The Labute approximate surface area is 122 Å². The summed E-state index contributed by atoms with van der Waals surface area (Å²) in [5, 5.41) is 10.3. The standard InChI is InChI=1S/C15H18N2O2S/c1-2-5-17-14(19)12(13(18)16-15(17)20)8-11-7-9-3-4-10(11)6-9/h2,8-10,19H,1,3-7H2,(H,16,18,20)/t9-,10+/m1/s1. The minimum absolute atomic E-state index is 0.0612. The predicted molar refractivity (Wildman–Crippen MR) is 81.2 cm³/mol. The summed E-state index contributed by atoms with van der Waals surface area (Å²) >= 11 is 5.07. The molecule has 0 unspecified atom stereocenters. The monoisotopic (exact) mass is 290 g/mol. The zero-order valence-electron chi connectivity index (χ0n) is 11.3. The molecule has 4 nitrogen and oxygen atoms in total. The molecule has 0 radical (unpaired) electrons. The number of aromatic amines is 1. The number of H-pyrrole nitrogens is 1. The van der Waals surface area contributed by atoms with Gasteiger partial charge in [-0.25, -0.2) is 0 Å². The zero-order valence-corrected chi connectivity index (χ0v) is 12.1. The van der Waals surface area contributed by atoms with E-state index < -0.39 is 0 Å². The summed E-state index contributed by atoms with van der Waals surface area (Å²) in [5.41, 5.74) is 1.30. The Hall–Kier alpha value is -1.62. The number of nitrogens with zero attached hydrogens (tertiary/aromatic N) is 1. The largest absolute Gasteiger partial charge is 0.494 e. The summed E-state index contributed by atoms with van der Waals surface area (Å²) < 4.78 is 1.71. The molecular weight excluding hydrogens is 272 g/mol. The number of fused-ring (bicyclic) bond motifs is 2. The first-order valence-corrected chi connectivity index (χ1v) is 7.38. The van der Waals surface area contributed by atoms with Gasteiger partial charge in [-0.15, -0.1) is 6.58 Å². The molecule has 0 spiro atoms. The molecule has 20 heavy (non-hydrogen) atoms. The fourth-order valence-corrected chi connectivity index (χ4v) is 3.72. The molecule has 1 heterocycles. The summed E-state index contributed by atoms with van der Waals surface area (Å²) in [7, 11) is 0. The lowest BCUT2D eigenvalue weighted by atomic mass is 9.93. The maximum absolute atomic E-state index is 12.0. The number of aromatic nitrogens is 2. The van der Waals surface area contributed by atoms with Crippen molar-refractivity contribution in [1.29, 1.82) is 0 Å². The Morgan fingerprint density at radius 3 is 2.90 bits per heavy atom. The molecule has 2 saturated carbocycles. The third-order valence-corrected chi connectivity index (χ3v) is 4.76. The van der Waals surface area contributed by atoms with Crippen LogP contribution in [0.2, 0.25) is 0 Å². The van der Waals surface area contributed by atoms with E-state index in [0.717, 1.165) is 12.3 Å². The lowest BCUT2D eigenvalue weighted by Gasteiger charge is -2.14. The van der Waals surface area contributed by atoms with Crippen molar-refractivity contribution < 1.29 is 5.11 Å². The van der Waals surface area contributed by atoms with Gasteiger partial charge >= 0.3 is 0 Å². The van der Waals surface area contributed by atoms with Crippen molar-refractivity contribution in [2.75, 3.05) is 0 Å². The van der Waals surface area contributed by atoms with E-state index in [1.54, 1.807) is 6.08 Å². The van der Waals surface area contributed by atoms with Crippen molar-refractivity contribution in [2.24, 2.45) is 11.8 Å². The molecule has 2 N–H and O–H groups in total. The molecule has 3 rings (SSSR count). The summed E-state index contributed by atoms with van der Waals surface area (Å²) in [6.07, 6.45) is 8.30. The molecule has 2 atom stereocenters. The quantitative estimate of drug-likeness (QED) is 0.664. The fraction of sp³-hybridized carbons (Fsp3) is 0.467. The van der Waals surface area contributed by atoms with E-state index in [1.165, 1.54) is 29.4 Å². The first-order valence-electron chi connectivity index (χ1n) is 6.97. The second-order valence-electron chi connectivity index (χ2n) is 5.70. The molecule has 106 valence electrons. The van der Waals surface area contributed by atoms with Crippen LogP contribution in [0.15, 0.2) is 23.0 Å². The van der Waals surface area contributed by atoms with Gasteiger partial charge in [-0.1, -0.05) is 11.6 Å². The van der Waals surface area contributed by atoms with Gasteiger partial charge in [0, 0.05) is 6.54 Å². The fourth-order valence-electron chi connectivity index (χ4n) is 3.46. The average Bonchev–Trinajstić information content (AvgIpc) is 3.01. The summed E-state index contributed by atoms with van der Waals surface area (Å²) in [6, 6.07) is 0. The van der Waals surface area contributed by atoms with Crippen LogP contribution in [0, 0.1) is 16.6 Å². The zero-order chi connectivity index (χ0) is 14.3. The van der Waals surface area contributed by atoms with Crippen molar-refractivity contribution in [1.82, 2.24) is 9.55 Å². The van der Waals surface area contributed by atoms with E-state index in [4.69, 9.17) is 12.2 Å². The number of rotatable bonds is 3. The Bertz CT molecular complexity index is 699. The van der Waals surface area contributed by atoms with Crippen molar-refractivity contribution in [3.8, 4) is 5.88 Å². The van der Waals surface area contributed by atoms with Crippen molar-refractivity contribution in [3.05, 3.63) is 38.9 Å². The Morgan fingerprint density at radius 1 is 1.50 bits per heavy atom. The van der Waals surface area contributed by atoms with Gasteiger partial charge < -0.3 is 5.11 Å². The highest BCUT2D eigenvalue weighted by atomic mass is 32.1. The van der Waals surface area contributed by atoms with Gasteiger partial charge in [0.1, 0.15) is 0 Å². The van der Waals surface area contributed by atoms with Crippen LogP contribution in [0.5, 0.6) is 5.88 Å². The maximum atomic E-state index is 12.0. The summed E-state index contributed by atoms with van der Waals surface area (Å²) in [4.78, 5) is 14.7. The summed E-state index contributed by atoms with van der Waals surface area (Å²) in [6.45, 7) is 4.02. The van der Waals surface area contributed by atoms with Gasteiger partial charge in [-0.3, -0.25) is 14.3 Å². The van der Waals surface area contributed by atoms with E-state index >= 15 is 0 Å². The van der Waals surface area contributed by atoms with Crippen LogP contribution in [-0.4, -0.2) is 14.7 Å². The number of hydrogen-bond donors (Lipinski definition) is 2. The van der Waals surface area contributed by atoms with E-state index in [1.807, 2.05) is 6.08 Å². The van der Waals surface area contributed by atoms with E-state index in [9.17, 15) is 9.90 Å². The van der Waals surface area contributed by atoms with Gasteiger partial charge in [0.05, 0.1) is 5.56 Å². The van der Waals surface area contributed by atoms with Crippen molar-refractivity contribution in [3.63, 3.8) is 0 Å². The third-order valence-electron chi connectivity index (χ3n) is 4.44. The molecule has 1 aromatic heterocycles. The van der Waals surface area contributed by atoms with Crippen molar-refractivity contribution in [2.45, 2.75) is 32.2 Å². The van der Waals surface area contributed by atoms with Gasteiger partial charge in [-0.2, -0.15) is 0 Å². The molecule has 2 bridgehead atoms. The van der Waals surface area contributed by atoms with Crippen LogP contribution in [0.4, 0.5) is 0 Å². The number of hydrogen-bond acceptors (Lipinski definition) is 3. The van der Waals surface area contributed by atoms with Gasteiger partial charge in [0.15, 0.2) is 4.77 Å². The second-order valence-corrected chi connectivity index (χ2v) is 6.08. The molecule has 2 aliphatic carbocycles. The Balaban J connectivity index is 2.08. The second kappa shape index (κ2) is 5.05. The maximum Gasteiger partial charge on any atom is 0.262 e. The first-order chi connectivity index (χ1) is 9.60. The third kappa shape index (κ3) is 2.16. The summed E-state index contributed by atoms with van der Waals surface area (Å²) in [5.74, 6) is 1.30. The molecule has 0 aliphatic heterocycles. The highest BCUT2D eigenvalue weighted by Crippen LogP contribution is 2.48.